The third-order valence-electron chi connectivity index (χ3n) is 3.44. The molecule has 1 aromatic rings. The second-order valence-electron chi connectivity index (χ2n) is 4.96. The Hall–Kier alpha value is -1.62. The fraction of sp³-hybridized carbons (Fsp3) is 0.500. The van der Waals surface area contributed by atoms with Gasteiger partial charge < -0.3 is 9.47 Å². The molecule has 0 amide bonds. The van der Waals surface area contributed by atoms with E-state index in [1.165, 1.54) is 24.9 Å². The van der Waals surface area contributed by atoms with Gasteiger partial charge in [0.25, 0.3) is 0 Å². The third kappa shape index (κ3) is 4.70. The molecule has 0 fully saturated rings. The van der Waals surface area contributed by atoms with Gasteiger partial charge in [-0.3, -0.25) is 4.99 Å². The quantitative estimate of drug-likeness (QED) is 0.792. The summed E-state index contributed by atoms with van der Waals surface area (Å²) in [5.74, 6) is 0.591. The zero-order valence-corrected chi connectivity index (χ0v) is 13.3. The van der Waals surface area contributed by atoms with Gasteiger partial charge >= 0.3 is 5.97 Å². The van der Waals surface area contributed by atoms with Gasteiger partial charge in [-0.05, 0) is 37.5 Å². The number of hydrogen-bond donors (Lipinski definition) is 0. The lowest BCUT2D eigenvalue weighted by atomic mass is 10.1. The Balaban J connectivity index is 1.92. The van der Waals surface area contributed by atoms with Crippen molar-refractivity contribution in [3.05, 3.63) is 28.0 Å². The van der Waals surface area contributed by atoms with Gasteiger partial charge in [0.1, 0.15) is 4.88 Å². The summed E-state index contributed by atoms with van der Waals surface area (Å²) in [6, 6.07) is 4.03. The average molecular weight is 307 g/mol. The smallest absolute Gasteiger partial charge is 0.348 e. The Morgan fingerprint density at radius 2 is 2.29 bits per heavy atom. The average Bonchev–Trinajstić information content (AvgIpc) is 2.85. The molecule has 0 aromatic carbocycles. The van der Waals surface area contributed by atoms with Gasteiger partial charge in [-0.2, -0.15) is 0 Å². The normalized spacial score (nSPS) is 19.1. The summed E-state index contributed by atoms with van der Waals surface area (Å²) in [5.41, 5.74) is 0. The van der Waals surface area contributed by atoms with E-state index in [2.05, 4.69) is 11.1 Å². The van der Waals surface area contributed by atoms with E-state index in [0.717, 1.165) is 36.5 Å². The lowest BCUT2D eigenvalue weighted by Gasteiger charge is -2.07. The van der Waals surface area contributed by atoms with Crippen molar-refractivity contribution < 1.29 is 14.3 Å². The molecular formula is C16H21NO3S. The highest BCUT2D eigenvalue weighted by atomic mass is 32.1. The molecule has 2 heterocycles. The second-order valence-corrected chi connectivity index (χ2v) is 6.07. The molecule has 1 atom stereocenters. The predicted molar refractivity (Wildman–Crippen MR) is 86.0 cm³/mol. The summed E-state index contributed by atoms with van der Waals surface area (Å²) in [7, 11) is 3.09. The van der Waals surface area contributed by atoms with Crippen molar-refractivity contribution in [1.29, 1.82) is 0 Å². The summed E-state index contributed by atoms with van der Waals surface area (Å²) in [6.07, 6.45) is 9.47. The van der Waals surface area contributed by atoms with Gasteiger partial charge in [-0.1, -0.05) is 12.5 Å². The minimum absolute atomic E-state index is 0.280. The van der Waals surface area contributed by atoms with E-state index in [1.807, 2.05) is 12.1 Å². The molecule has 0 aliphatic carbocycles. The number of methoxy groups -OCH3 is 2. The van der Waals surface area contributed by atoms with Crippen LogP contribution in [0.1, 0.15) is 46.7 Å². The summed E-state index contributed by atoms with van der Waals surface area (Å²) in [5, 5.41) is 0. The van der Waals surface area contributed by atoms with E-state index in [-0.39, 0.29) is 5.97 Å². The minimum atomic E-state index is -0.280. The van der Waals surface area contributed by atoms with E-state index in [0.29, 0.717) is 10.9 Å². The highest BCUT2D eigenvalue weighted by Gasteiger charge is 2.12. The molecule has 0 bridgehead atoms. The number of thiophene rings is 1. The van der Waals surface area contributed by atoms with Crippen LogP contribution in [0.5, 0.6) is 0 Å². The van der Waals surface area contributed by atoms with E-state index in [4.69, 9.17) is 9.47 Å². The lowest BCUT2D eigenvalue weighted by molar-refractivity contribution is 0.0606. The maximum Gasteiger partial charge on any atom is 0.348 e. The molecule has 0 N–H and O–H groups in total. The van der Waals surface area contributed by atoms with Crippen LogP contribution < -0.4 is 0 Å². The van der Waals surface area contributed by atoms with Crippen molar-refractivity contribution in [1.82, 2.24) is 0 Å². The topological polar surface area (TPSA) is 47.9 Å². The number of esters is 1. The van der Waals surface area contributed by atoms with Crippen LogP contribution >= 0.6 is 11.3 Å². The molecule has 114 valence electrons. The van der Waals surface area contributed by atoms with Gasteiger partial charge in [-0.15, -0.1) is 11.3 Å². The number of hydrogen-bond acceptors (Lipinski definition) is 5. The van der Waals surface area contributed by atoms with Gasteiger partial charge in [-0.25, -0.2) is 4.79 Å². The van der Waals surface area contributed by atoms with Crippen LogP contribution in [0.3, 0.4) is 0 Å². The van der Waals surface area contributed by atoms with Crippen molar-refractivity contribution in [2.75, 3.05) is 14.2 Å². The molecular weight excluding hydrogens is 286 g/mol. The van der Waals surface area contributed by atoms with Gasteiger partial charge in [0.05, 0.1) is 20.3 Å². The van der Waals surface area contributed by atoms with Crippen LogP contribution in [-0.2, 0) is 9.47 Å². The highest BCUT2D eigenvalue weighted by molar-refractivity contribution is 7.14. The maximum absolute atomic E-state index is 11.4. The molecule has 1 aromatic heterocycles. The summed E-state index contributed by atoms with van der Waals surface area (Å²) in [6.45, 7) is 0. The number of ether oxygens (including phenoxy) is 2. The number of carbonyl (C=O) groups is 1. The van der Waals surface area contributed by atoms with Crippen LogP contribution in [-0.4, -0.2) is 32.1 Å². The fourth-order valence-corrected chi connectivity index (χ4v) is 3.17. The zero-order chi connectivity index (χ0) is 15.1. The molecule has 0 saturated carbocycles. The van der Waals surface area contributed by atoms with Gasteiger partial charge in [0, 0.05) is 11.3 Å². The Labute approximate surface area is 129 Å². The minimum Gasteiger partial charge on any atom is -0.484 e. The summed E-state index contributed by atoms with van der Waals surface area (Å²) in [4.78, 5) is 17.7. The Morgan fingerprint density at radius 1 is 1.43 bits per heavy atom. The second kappa shape index (κ2) is 7.98. The van der Waals surface area contributed by atoms with E-state index in [1.54, 1.807) is 13.2 Å². The first-order valence-corrected chi connectivity index (χ1v) is 8.00. The zero-order valence-electron chi connectivity index (χ0n) is 12.5. The van der Waals surface area contributed by atoms with Crippen LogP contribution in [0.25, 0.3) is 6.08 Å². The Morgan fingerprint density at radius 3 is 3.05 bits per heavy atom. The van der Waals surface area contributed by atoms with Crippen LogP contribution in [0.4, 0.5) is 0 Å². The molecule has 2 rings (SSSR count). The standard InChI is InChI=1S/C16H21NO3S/c1-19-15-9-4-3-6-12(17-15)7-5-8-13-10-11-14(21-13)16(18)20-2/h5,8,10-12H,3-4,6-7,9H2,1-2H3. The molecule has 1 unspecified atom stereocenters. The van der Waals surface area contributed by atoms with Crippen LogP contribution in [0.15, 0.2) is 23.2 Å². The molecule has 1 aliphatic rings. The molecule has 0 spiro atoms. The Kier molecular flexibility index (Phi) is 5.99. The molecule has 0 radical (unpaired) electrons. The summed E-state index contributed by atoms with van der Waals surface area (Å²) >= 11 is 1.44. The van der Waals surface area contributed by atoms with Crippen molar-refractivity contribution in [3.63, 3.8) is 0 Å². The summed E-state index contributed by atoms with van der Waals surface area (Å²) < 4.78 is 9.99. The monoisotopic (exact) mass is 307 g/mol. The molecule has 21 heavy (non-hydrogen) atoms. The third-order valence-corrected chi connectivity index (χ3v) is 4.47. The largest absolute Gasteiger partial charge is 0.484 e. The first kappa shape index (κ1) is 15.8. The van der Waals surface area contributed by atoms with Gasteiger partial charge in [0.2, 0.25) is 0 Å². The molecule has 5 heteroatoms. The maximum atomic E-state index is 11.4. The first-order valence-electron chi connectivity index (χ1n) is 7.18. The molecule has 4 nitrogen and oxygen atoms in total. The van der Waals surface area contributed by atoms with Crippen molar-refractivity contribution in [3.8, 4) is 0 Å². The van der Waals surface area contributed by atoms with Crippen molar-refractivity contribution in [2.45, 2.75) is 38.1 Å². The molecule has 0 saturated heterocycles. The molecule has 1 aliphatic heterocycles. The van der Waals surface area contributed by atoms with Crippen LogP contribution in [0, 0.1) is 0 Å². The van der Waals surface area contributed by atoms with E-state index < -0.39 is 0 Å². The SMILES string of the molecule is COC(=O)c1ccc(C=CCC2CCCCC(OC)=N2)s1. The van der Waals surface area contributed by atoms with Crippen molar-refractivity contribution >= 4 is 29.3 Å². The highest BCUT2D eigenvalue weighted by Crippen LogP contribution is 2.21. The van der Waals surface area contributed by atoms with E-state index >= 15 is 0 Å². The number of carbonyl (C=O) groups excluding carboxylic acids is 1. The predicted octanol–water partition coefficient (Wildman–Crippen LogP) is 3.93. The lowest BCUT2D eigenvalue weighted by Crippen LogP contribution is -2.06. The van der Waals surface area contributed by atoms with Crippen molar-refractivity contribution in [2.24, 2.45) is 4.99 Å². The Bertz CT molecular complexity index is 533. The number of aliphatic imine (C=N–C) groups is 1. The fourth-order valence-electron chi connectivity index (χ4n) is 2.31. The van der Waals surface area contributed by atoms with Crippen LogP contribution in [0.2, 0.25) is 0 Å². The number of rotatable bonds is 4. The van der Waals surface area contributed by atoms with E-state index in [9.17, 15) is 4.79 Å². The number of nitrogens with zero attached hydrogens (tertiary/aromatic N) is 1. The first-order chi connectivity index (χ1) is 10.2. The van der Waals surface area contributed by atoms with Gasteiger partial charge in [0.15, 0.2) is 5.90 Å².